The molecule has 12 amide bonds. The predicted octanol–water partition coefficient (Wildman–Crippen LogP) is -9.45. The molecular formula is C49H80N14O24S. The van der Waals surface area contributed by atoms with Crippen LogP contribution in [0.2, 0.25) is 0 Å². The van der Waals surface area contributed by atoms with Crippen LogP contribution in [0.4, 0.5) is 0 Å². The van der Waals surface area contributed by atoms with Gasteiger partial charge in [-0.2, -0.15) is 12.6 Å². The second-order valence-electron chi connectivity index (χ2n) is 19.8. The van der Waals surface area contributed by atoms with Gasteiger partial charge in [0.1, 0.15) is 60.4 Å². The van der Waals surface area contributed by atoms with Crippen molar-refractivity contribution in [1.29, 1.82) is 0 Å². The van der Waals surface area contributed by atoms with E-state index >= 15 is 0 Å². The number of aliphatic hydroxyl groups excluding tert-OH is 2. The lowest BCUT2D eigenvalue weighted by atomic mass is 9.97. The Labute approximate surface area is 507 Å². The van der Waals surface area contributed by atoms with Gasteiger partial charge in [-0.1, -0.05) is 26.7 Å². The molecular weight excluding hydrogens is 1200 g/mol. The van der Waals surface area contributed by atoms with E-state index in [1.54, 1.807) is 6.92 Å². The highest BCUT2D eigenvalue weighted by atomic mass is 32.1. The number of nitrogens with two attached hydrogens (primary N) is 4. The fourth-order valence-corrected chi connectivity index (χ4v) is 7.82. The average molecular weight is 1280 g/mol. The van der Waals surface area contributed by atoms with E-state index in [0.29, 0.717) is 19.4 Å². The van der Waals surface area contributed by atoms with Crippen molar-refractivity contribution in [2.75, 3.05) is 25.5 Å². The number of carbonyl (C=O) groups excluding carboxylic acids is 12. The van der Waals surface area contributed by atoms with Gasteiger partial charge < -0.3 is 112 Å². The molecule has 88 heavy (non-hydrogen) atoms. The van der Waals surface area contributed by atoms with E-state index in [2.05, 4.69) is 44.5 Å². The standard InChI is InChI=1S/C49H80N14O24S/c1-3-21(2)38(63-46(83)30(19-65)60-39(76)22(51)6-4-5-15-50)48(85)56-25(9-13-34(68)69)40(77)54-24(8-12-33(53)67)42(79)61-29(18-64)45(82)62-31(20-88)47(84)59-27(16-36(72)73)43(80)55-23(7-11-32(52)66)41(78)58-28(17-37(74)75)44(81)57-26(49(86)87)10-14-35(70)71/h21-31,38,64-65,88H,3-20,50-51H2,1-2H3,(H2,52,66)(H2,53,67)(H,54,77)(H,55,80)(H,56,85)(H,57,81)(H,58,78)(H,59,84)(H,60,76)(H,61,79)(H,62,82)(H,63,83)(H,68,69)(H,70,71)(H,72,73)(H,74,75)(H,86,87)/t21-,22-,23-,24-,25-,26-,27-,28-,29-,30-,31-,38-/m0/s1. The minimum atomic E-state index is -2.19. The molecule has 0 aromatic carbocycles. The molecule has 0 saturated heterocycles. The van der Waals surface area contributed by atoms with Gasteiger partial charge in [-0.25, -0.2) is 4.79 Å². The van der Waals surface area contributed by atoms with E-state index in [1.807, 2.05) is 21.3 Å². The van der Waals surface area contributed by atoms with Gasteiger partial charge in [0.2, 0.25) is 70.9 Å². The average Bonchev–Trinajstić information content (AvgIpc) is 3.65. The summed E-state index contributed by atoms with van der Waals surface area (Å²) in [5.41, 5.74) is 21.9. The Morgan fingerprint density at radius 2 is 0.716 bits per heavy atom. The van der Waals surface area contributed by atoms with Crippen molar-refractivity contribution in [3.05, 3.63) is 0 Å². The van der Waals surface area contributed by atoms with Crippen LogP contribution in [-0.4, -0.2) is 228 Å². The molecule has 0 radical (unpaired) electrons. The first kappa shape index (κ1) is 79.2. The van der Waals surface area contributed by atoms with Gasteiger partial charge in [-0.3, -0.25) is 76.7 Å². The van der Waals surface area contributed by atoms with Crippen molar-refractivity contribution in [2.45, 2.75) is 170 Å². The van der Waals surface area contributed by atoms with E-state index in [-0.39, 0.29) is 12.8 Å². The molecule has 25 N–H and O–H groups in total. The molecule has 0 aromatic heterocycles. The third-order valence-corrected chi connectivity index (χ3v) is 13.1. The first-order valence-corrected chi connectivity index (χ1v) is 27.8. The number of amides is 12. The van der Waals surface area contributed by atoms with Crippen LogP contribution in [0.5, 0.6) is 0 Å². The molecule has 0 saturated carbocycles. The molecule has 0 aromatic rings. The van der Waals surface area contributed by atoms with Crippen LogP contribution in [0.1, 0.15) is 104 Å². The maximum absolute atomic E-state index is 13.9. The fraction of sp³-hybridized carbons (Fsp3) is 0.653. The summed E-state index contributed by atoms with van der Waals surface area (Å²) in [7, 11) is 0. The Hall–Kier alpha value is -8.82. The number of hydrogen-bond acceptors (Lipinski definition) is 22. The Morgan fingerprint density at radius 1 is 0.398 bits per heavy atom. The zero-order chi connectivity index (χ0) is 67.5. The number of aliphatic hydroxyl groups is 2. The van der Waals surface area contributed by atoms with Gasteiger partial charge in [0, 0.05) is 31.4 Å². The number of carboxylic acids is 5. The summed E-state index contributed by atoms with van der Waals surface area (Å²) in [6, 6.07) is -20.1. The summed E-state index contributed by atoms with van der Waals surface area (Å²) in [6.07, 6.45) is -6.79. The normalized spacial score (nSPS) is 15.0. The van der Waals surface area contributed by atoms with Crippen LogP contribution >= 0.6 is 12.6 Å². The minimum absolute atomic E-state index is 0.188. The van der Waals surface area contributed by atoms with Gasteiger partial charge in [-0.05, 0) is 51.0 Å². The highest BCUT2D eigenvalue weighted by Crippen LogP contribution is 2.12. The smallest absolute Gasteiger partial charge is 0.326 e. The number of hydrogen-bond donors (Lipinski definition) is 22. The lowest BCUT2D eigenvalue weighted by Gasteiger charge is -2.29. The van der Waals surface area contributed by atoms with Crippen LogP contribution in [0.25, 0.3) is 0 Å². The second-order valence-corrected chi connectivity index (χ2v) is 20.1. The van der Waals surface area contributed by atoms with E-state index in [9.17, 15) is 112 Å². The topological polar surface area (TPSA) is 656 Å². The summed E-state index contributed by atoms with van der Waals surface area (Å²) < 4.78 is 0. The number of carboxylic acid groups (broad SMARTS) is 5. The Kier molecular flexibility index (Phi) is 37.2. The van der Waals surface area contributed by atoms with Crippen LogP contribution < -0.4 is 76.1 Å². The first-order valence-electron chi connectivity index (χ1n) is 27.1. The first-order chi connectivity index (χ1) is 41.2. The predicted molar refractivity (Wildman–Crippen MR) is 300 cm³/mol. The van der Waals surface area contributed by atoms with Gasteiger partial charge in [0.15, 0.2) is 0 Å². The lowest BCUT2D eigenvalue weighted by molar-refractivity contribution is -0.144. The Bertz CT molecular complexity index is 2510. The van der Waals surface area contributed by atoms with Gasteiger partial charge in [-0.15, -0.1) is 0 Å². The van der Waals surface area contributed by atoms with Crippen molar-refractivity contribution in [2.24, 2.45) is 28.9 Å². The van der Waals surface area contributed by atoms with E-state index in [0.717, 1.165) is 0 Å². The minimum Gasteiger partial charge on any atom is -0.481 e. The number of aliphatic carboxylic acids is 5. The number of carbonyl (C=O) groups is 17. The van der Waals surface area contributed by atoms with Crippen LogP contribution in [0.15, 0.2) is 0 Å². The highest BCUT2D eigenvalue weighted by molar-refractivity contribution is 7.80. The summed E-state index contributed by atoms with van der Waals surface area (Å²) in [5, 5.41) is 88.3. The van der Waals surface area contributed by atoms with E-state index in [1.165, 1.54) is 6.92 Å². The number of thiol groups is 1. The van der Waals surface area contributed by atoms with Gasteiger partial charge in [0.25, 0.3) is 0 Å². The van der Waals surface area contributed by atoms with Crippen molar-refractivity contribution in [3.63, 3.8) is 0 Å². The quantitative estimate of drug-likeness (QED) is 0.0199. The van der Waals surface area contributed by atoms with E-state index < -0.39 is 256 Å². The number of nitrogens with one attached hydrogen (secondary N) is 10. The van der Waals surface area contributed by atoms with Crippen molar-refractivity contribution in [1.82, 2.24) is 53.2 Å². The van der Waals surface area contributed by atoms with Gasteiger partial charge >= 0.3 is 29.8 Å². The third kappa shape index (κ3) is 31.0. The lowest BCUT2D eigenvalue weighted by Crippen LogP contribution is -2.62. The zero-order valence-corrected chi connectivity index (χ0v) is 48.9. The maximum Gasteiger partial charge on any atom is 0.326 e. The molecule has 0 aliphatic heterocycles. The van der Waals surface area contributed by atoms with E-state index in [4.69, 9.17) is 28.0 Å². The SMILES string of the molecule is CC[C@H](C)[C@H](NC(=O)[C@H](CO)NC(=O)[C@@H](N)CCCCN)C(=O)N[C@@H](CCC(=O)O)C(=O)N[C@@H](CCC(N)=O)C(=O)N[C@@H](CO)C(=O)N[C@@H](CS)C(=O)N[C@@H](CC(=O)O)C(=O)N[C@@H](CCC(N)=O)C(=O)N[C@@H](CC(=O)O)C(=O)N[C@@H](CCC(=O)O)C(=O)O. The second kappa shape index (κ2) is 41.3. The molecule has 0 spiro atoms. The number of unbranched alkanes of at least 4 members (excludes halogenated alkanes) is 1. The largest absolute Gasteiger partial charge is 0.481 e. The monoisotopic (exact) mass is 1280 g/mol. The van der Waals surface area contributed by atoms with Crippen LogP contribution in [0, 0.1) is 5.92 Å². The molecule has 12 atom stereocenters. The highest BCUT2D eigenvalue weighted by Gasteiger charge is 2.38. The Balaban J connectivity index is 6.67. The molecule has 0 heterocycles. The molecule has 0 aliphatic carbocycles. The van der Waals surface area contributed by atoms with Gasteiger partial charge in [0.05, 0.1) is 32.1 Å². The Morgan fingerprint density at radius 3 is 1.08 bits per heavy atom. The molecule has 38 nitrogen and oxygen atoms in total. The zero-order valence-electron chi connectivity index (χ0n) is 48.0. The summed E-state index contributed by atoms with van der Waals surface area (Å²) in [5.74, 6) is -24.5. The van der Waals surface area contributed by atoms with Crippen LogP contribution in [0.3, 0.4) is 0 Å². The molecule has 0 bridgehead atoms. The van der Waals surface area contributed by atoms with Crippen LogP contribution in [-0.2, 0) is 81.5 Å². The molecule has 0 rings (SSSR count). The molecule has 496 valence electrons. The number of primary amides is 2. The summed E-state index contributed by atoms with van der Waals surface area (Å²) in [4.78, 5) is 217. The molecule has 0 fully saturated rings. The third-order valence-electron chi connectivity index (χ3n) is 12.7. The fourth-order valence-electron chi connectivity index (χ4n) is 7.56. The molecule has 0 unspecified atom stereocenters. The molecule has 39 heteroatoms. The summed E-state index contributed by atoms with van der Waals surface area (Å²) >= 11 is 3.99. The van der Waals surface area contributed by atoms with Crippen molar-refractivity contribution >= 4 is 113 Å². The maximum atomic E-state index is 13.9. The molecule has 0 aliphatic rings. The summed E-state index contributed by atoms with van der Waals surface area (Å²) in [6.45, 7) is 1.22. The van der Waals surface area contributed by atoms with Crippen molar-refractivity contribution < 1.29 is 117 Å². The van der Waals surface area contributed by atoms with Crippen molar-refractivity contribution in [3.8, 4) is 0 Å². The number of rotatable bonds is 46.